The largest absolute Gasteiger partial charge is 0.375 e. The number of alkyl halides is 3. The fraction of sp³-hybridized carbons (Fsp3) is 0.917. The molecule has 18 heavy (non-hydrogen) atoms. The second-order valence-electron chi connectivity index (χ2n) is 4.65. The van der Waals surface area contributed by atoms with Gasteiger partial charge in [-0.05, 0) is 25.2 Å². The van der Waals surface area contributed by atoms with Gasteiger partial charge in [0.15, 0.2) is 0 Å². The Hall–Kier alpha value is -0.230. The number of nitrogens with one attached hydrogen (secondary N) is 1. The van der Waals surface area contributed by atoms with Gasteiger partial charge < -0.3 is 10.1 Å². The first-order valence-electron chi connectivity index (χ1n) is 6.34. The van der Waals surface area contributed by atoms with Crippen LogP contribution in [-0.2, 0) is 9.53 Å². The van der Waals surface area contributed by atoms with E-state index in [2.05, 4.69) is 26.0 Å². The number of rotatable bonds is 7. The van der Waals surface area contributed by atoms with Gasteiger partial charge in [-0.25, -0.2) is 8.78 Å². The summed E-state index contributed by atoms with van der Waals surface area (Å²) < 4.78 is 28.2. The van der Waals surface area contributed by atoms with E-state index in [-0.39, 0.29) is 18.9 Å². The van der Waals surface area contributed by atoms with Crippen LogP contribution in [0.3, 0.4) is 0 Å². The molecule has 1 N–H and O–H groups in total. The molecule has 6 heteroatoms. The lowest BCUT2D eigenvalue weighted by atomic mass is 9.89. The van der Waals surface area contributed by atoms with Crippen LogP contribution in [0, 0.1) is 5.92 Å². The average molecular weight is 328 g/mol. The van der Waals surface area contributed by atoms with Crippen molar-refractivity contribution in [1.29, 1.82) is 0 Å². The quantitative estimate of drug-likeness (QED) is 0.576. The van der Waals surface area contributed by atoms with Gasteiger partial charge in [-0.1, -0.05) is 22.4 Å². The van der Waals surface area contributed by atoms with E-state index in [0.717, 1.165) is 12.8 Å². The van der Waals surface area contributed by atoms with E-state index in [1.54, 1.807) is 0 Å². The number of ether oxygens (including phenoxy) is 1. The molecule has 2 unspecified atom stereocenters. The molecule has 0 radical (unpaired) electrons. The summed E-state index contributed by atoms with van der Waals surface area (Å²) in [5.41, 5.74) is 0. The zero-order valence-corrected chi connectivity index (χ0v) is 11.9. The van der Waals surface area contributed by atoms with Crippen LogP contribution in [0.5, 0.6) is 0 Å². The molecule has 0 aliphatic heterocycles. The van der Waals surface area contributed by atoms with Crippen LogP contribution < -0.4 is 5.32 Å². The minimum absolute atomic E-state index is 0.0574. The maximum atomic E-state index is 11.8. The summed E-state index contributed by atoms with van der Waals surface area (Å²) in [7, 11) is 0. The summed E-state index contributed by atoms with van der Waals surface area (Å²) in [4.78, 5) is 12.0. The zero-order valence-electron chi connectivity index (χ0n) is 10.3. The van der Waals surface area contributed by atoms with Gasteiger partial charge in [0.1, 0.15) is 6.61 Å². The van der Waals surface area contributed by atoms with E-state index in [1.807, 2.05) is 0 Å². The van der Waals surface area contributed by atoms with Crippen molar-refractivity contribution in [2.45, 2.75) is 43.4 Å². The van der Waals surface area contributed by atoms with Gasteiger partial charge >= 0.3 is 0 Å². The summed E-state index contributed by atoms with van der Waals surface area (Å²) in [5.74, 6) is 0.398. The van der Waals surface area contributed by atoms with Crippen LogP contribution in [0.15, 0.2) is 0 Å². The van der Waals surface area contributed by atoms with Gasteiger partial charge in [0.2, 0.25) is 5.91 Å². The van der Waals surface area contributed by atoms with Gasteiger partial charge in [-0.15, -0.1) is 0 Å². The lowest BCUT2D eigenvalue weighted by molar-refractivity contribution is -0.122. The molecule has 1 saturated carbocycles. The van der Waals surface area contributed by atoms with Crippen molar-refractivity contribution in [3.63, 3.8) is 0 Å². The van der Waals surface area contributed by atoms with Crippen molar-refractivity contribution in [3.8, 4) is 0 Å². The lowest BCUT2D eigenvalue weighted by Crippen LogP contribution is -2.32. The molecule has 1 rings (SSSR count). The number of halogens is 3. The highest BCUT2D eigenvalue weighted by atomic mass is 79.9. The van der Waals surface area contributed by atoms with Crippen molar-refractivity contribution in [2.24, 2.45) is 5.92 Å². The molecule has 106 valence electrons. The molecule has 0 aromatic carbocycles. The van der Waals surface area contributed by atoms with Gasteiger partial charge in [-0.2, -0.15) is 0 Å². The molecule has 1 amide bonds. The Kier molecular flexibility index (Phi) is 7.74. The lowest BCUT2D eigenvalue weighted by Gasteiger charge is -2.25. The molecule has 0 aromatic heterocycles. The van der Waals surface area contributed by atoms with Crippen molar-refractivity contribution >= 4 is 21.8 Å². The molecule has 1 aliphatic rings. The first-order chi connectivity index (χ1) is 8.58. The number of carbonyl (C=O) groups is 1. The highest BCUT2D eigenvalue weighted by Crippen LogP contribution is 2.28. The standard InChI is InChI=1S/C12H20BrF2NO2/c13-10-3-1-2-9(6-10)7-16-12(17)4-5-18-8-11(14)15/h9-11H,1-8H2,(H,16,17). The van der Waals surface area contributed by atoms with Crippen LogP contribution in [0.4, 0.5) is 8.78 Å². The van der Waals surface area contributed by atoms with E-state index < -0.39 is 13.0 Å². The highest BCUT2D eigenvalue weighted by molar-refractivity contribution is 9.09. The number of hydrogen-bond acceptors (Lipinski definition) is 2. The number of amides is 1. The summed E-state index contributed by atoms with van der Waals surface area (Å²) in [6, 6.07) is 0. The summed E-state index contributed by atoms with van der Waals surface area (Å²) in [6.45, 7) is 0.138. The molecule has 0 saturated heterocycles. The van der Waals surface area contributed by atoms with Gasteiger partial charge in [0, 0.05) is 17.8 Å². The minimum atomic E-state index is -2.47. The third-order valence-corrected chi connectivity index (χ3v) is 3.86. The minimum Gasteiger partial charge on any atom is -0.375 e. The second kappa shape index (κ2) is 8.80. The maximum absolute atomic E-state index is 11.8. The highest BCUT2D eigenvalue weighted by Gasteiger charge is 2.20. The normalized spacial score (nSPS) is 24.2. The summed E-state index contributed by atoms with van der Waals surface area (Å²) >= 11 is 3.60. The van der Waals surface area contributed by atoms with E-state index >= 15 is 0 Å². The number of hydrogen-bond donors (Lipinski definition) is 1. The Labute approximate surface area is 115 Å². The Morgan fingerprint density at radius 2 is 2.22 bits per heavy atom. The fourth-order valence-corrected chi connectivity index (χ4v) is 2.95. The van der Waals surface area contributed by atoms with Gasteiger partial charge in [0.05, 0.1) is 6.61 Å². The Balaban J connectivity index is 2.02. The molecule has 1 aliphatic carbocycles. The monoisotopic (exact) mass is 327 g/mol. The van der Waals surface area contributed by atoms with Gasteiger partial charge in [-0.3, -0.25) is 4.79 Å². The maximum Gasteiger partial charge on any atom is 0.261 e. The van der Waals surface area contributed by atoms with E-state index in [0.29, 0.717) is 17.3 Å². The van der Waals surface area contributed by atoms with E-state index in [1.165, 1.54) is 12.8 Å². The first-order valence-corrected chi connectivity index (χ1v) is 7.26. The van der Waals surface area contributed by atoms with Crippen molar-refractivity contribution < 1.29 is 18.3 Å². The molecule has 1 fully saturated rings. The van der Waals surface area contributed by atoms with Crippen molar-refractivity contribution in [2.75, 3.05) is 19.8 Å². The molecule has 2 atom stereocenters. The third kappa shape index (κ3) is 7.26. The predicted octanol–water partition coefficient (Wildman–Crippen LogP) is 2.73. The van der Waals surface area contributed by atoms with Crippen LogP contribution in [0.1, 0.15) is 32.1 Å². The summed E-state index contributed by atoms with van der Waals surface area (Å²) in [6.07, 6.45) is 2.30. The number of carbonyl (C=O) groups excluding carboxylic acids is 1. The van der Waals surface area contributed by atoms with Crippen LogP contribution in [0.2, 0.25) is 0 Å². The van der Waals surface area contributed by atoms with E-state index in [9.17, 15) is 13.6 Å². The van der Waals surface area contributed by atoms with Crippen molar-refractivity contribution in [1.82, 2.24) is 5.32 Å². The topological polar surface area (TPSA) is 38.3 Å². The smallest absolute Gasteiger partial charge is 0.261 e. The van der Waals surface area contributed by atoms with Crippen molar-refractivity contribution in [3.05, 3.63) is 0 Å². The fourth-order valence-electron chi connectivity index (χ4n) is 2.09. The Morgan fingerprint density at radius 1 is 1.44 bits per heavy atom. The van der Waals surface area contributed by atoms with E-state index in [4.69, 9.17) is 0 Å². The second-order valence-corrected chi connectivity index (χ2v) is 5.94. The average Bonchev–Trinajstić information content (AvgIpc) is 2.32. The molecule has 0 bridgehead atoms. The SMILES string of the molecule is O=C(CCOCC(F)F)NCC1CCCC(Br)C1. The molecule has 3 nitrogen and oxygen atoms in total. The molecule has 0 spiro atoms. The van der Waals surface area contributed by atoms with Crippen LogP contribution >= 0.6 is 15.9 Å². The summed E-state index contributed by atoms with van der Waals surface area (Å²) in [5, 5.41) is 2.83. The Morgan fingerprint density at radius 3 is 2.89 bits per heavy atom. The Bertz CT molecular complexity index is 254. The van der Waals surface area contributed by atoms with Crippen LogP contribution in [-0.4, -0.2) is 36.9 Å². The van der Waals surface area contributed by atoms with Gasteiger partial charge in [0.25, 0.3) is 6.43 Å². The molecule has 0 aromatic rings. The zero-order chi connectivity index (χ0) is 13.4. The molecular weight excluding hydrogens is 308 g/mol. The predicted molar refractivity (Wildman–Crippen MR) is 69.1 cm³/mol. The third-order valence-electron chi connectivity index (χ3n) is 3.02. The molecule has 0 heterocycles. The first kappa shape index (κ1) is 15.8. The molecular formula is C12H20BrF2NO2. The van der Waals surface area contributed by atoms with Crippen LogP contribution in [0.25, 0.3) is 0 Å².